The van der Waals surface area contributed by atoms with E-state index < -0.39 is 5.41 Å². The van der Waals surface area contributed by atoms with E-state index in [1.54, 1.807) is 20.3 Å². The predicted molar refractivity (Wildman–Crippen MR) is 64.7 cm³/mol. The second-order valence-electron chi connectivity index (χ2n) is 4.23. The van der Waals surface area contributed by atoms with Gasteiger partial charge in [0.15, 0.2) is 0 Å². The molecule has 0 aliphatic rings. The third-order valence-corrected chi connectivity index (χ3v) is 2.86. The number of halogens is 1. The van der Waals surface area contributed by atoms with E-state index in [-0.39, 0.29) is 6.61 Å². The van der Waals surface area contributed by atoms with E-state index >= 15 is 0 Å². The monoisotopic (exact) mass is 244 g/mol. The summed E-state index contributed by atoms with van der Waals surface area (Å²) in [7, 11) is 3.14. The minimum absolute atomic E-state index is 0.00680. The lowest BCUT2D eigenvalue weighted by atomic mass is 9.85. The van der Waals surface area contributed by atoms with Gasteiger partial charge in [-0.05, 0) is 6.07 Å². The molecule has 0 unspecified atom stereocenters. The van der Waals surface area contributed by atoms with Crippen molar-refractivity contribution in [3.63, 3.8) is 0 Å². The van der Waals surface area contributed by atoms with E-state index in [1.165, 1.54) is 0 Å². The van der Waals surface area contributed by atoms with Gasteiger partial charge < -0.3 is 14.6 Å². The molecule has 90 valence electrons. The van der Waals surface area contributed by atoms with E-state index in [4.69, 9.17) is 21.1 Å². The van der Waals surface area contributed by atoms with Gasteiger partial charge in [0.2, 0.25) is 0 Å². The van der Waals surface area contributed by atoms with Gasteiger partial charge in [-0.25, -0.2) is 0 Å². The van der Waals surface area contributed by atoms with Gasteiger partial charge in [-0.1, -0.05) is 25.4 Å². The molecule has 0 aliphatic carbocycles. The van der Waals surface area contributed by atoms with Crippen LogP contribution in [0.5, 0.6) is 11.5 Å². The highest BCUT2D eigenvalue weighted by molar-refractivity contribution is 6.32. The van der Waals surface area contributed by atoms with Crippen molar-refractivity contribution in [3.8, 4) is 11.5 Å². The van der Waals surface area contributed by atoms with Gasteiger partial charge in [0.1, 0.15) is 11.5 Å². The van der Waals surface area contributed by atoms with E-state index in [2.05, 4.69) is 0 Å². The molecule has 16 heavy (non-hydrogen) atoms. The van der Waals surface area contributed by atoms with E-state index in [0.29, 0.717) is 16.5 Å². The van der Waals surface area contributed by atoms with Gasteiger partial charge in [-0.15, -0.1) is 0 Å². The fraction of sp³-hybridized carbons (Fsp3) is 0.500. The van der Waals surface area contributed by atoms with Crippen LogP contribution in [0.2, 0.25) is 5.02 Å². The number of hydrogen-bond acceptors (Lipinski definition) is 3. The summed E-state index contributed by atoms with van der Waals surface area (Å²) in [4.78, 5) is 0. The maximum Gasteiger partial charge on any atom is 0.141 e. The van der Waals surface area contributed by atoms with Crippen LogP contribution in [0.15, 0.2) is 12.1 Å². The molecule has 0 bridgehead atoms. The van der Waals surface area contributed by atoms with Crippen molar-refractivity contribution in [1.82, 2.24) is 0 Å². The molecule has 0 saturated carbocycles. The second kappa shape index (κ2) is 4.93. The summed E-state index contributed by atoms with van der Waals surface area (Å²) >= 11 is 6.09. The highest BCUT2D eigenvalue weighted by Gasteiger charge is 2.26. The average molecular weight is 245 g/mol. The van der Waals surface area contributed by atoms with Crippen molar-refractivity contribution < 1.29 is 14.6 Å². The fourth-order valence-corrected chi connectivity index (χ4v) is 1.77. The van der Waals surface area contributed by atoms with Crippen LogP contribution in [-0.2, 0) is 5.41 Å². The number of benzene rings is 1. The van der Waals surface area contributed by atoms with Gasteiger partial charge in [-0.2, -0.15) is 0 Å². The molecular weight excluding hydrogens is 228 g/mol. The van der Waals surface area contributed by atoms with Crippen molar-refractivity contribution >= 4 is 11.6 Å². The first kappa shape index (κ1) is 13.1. The first-order valence-electron chi connectivity index (χ1n) is 4.99. The second-order valence-corrected chi connectivity index (χ2v) is 4.64. The zero-order chi connectivity index (χ0) is 12.3. The topological polar surface area (TPSA) is 38.7 Å². The Bertz CT molecular complexity index is 375. The van der Waals surface area contributed by atoms with Gasteiger partial charge in [-0.3, -0.25) is 0 Å². The Hall–Kier alpha value is -0.930. The first-order valence-corrected chi connectivity index (χ1v) is 5.37. The van der Waals surface area contributed by atoms with E-state index in [1.807, 2.05) is 19.9 Å². The highest BCUT2D eigenvalue weighted by atomic mass is 35.5. The maximum absolute atomic E-state index is 9.38. The van der Waals surface area contributed by atoms with Crippen molar-refractivity contribution in [2.45, 2.75) is 19.3 Å². The average Bonchev–Trinajstić information content (AvgIpc) is 2.27. The lowest BCUT2D eigenvalue weighted by Gasteiger charge is -2.25. The van der Waals surface area contributed by atoms with Gasteiger partial charge in [0, 0.05) is 17.0 Å². The van der Waals surface area contributed by atoms with Crippen LogP contribution in [0, 0.1) is 0 Å². The van der Waals surface area contributed by atoms with E-state index in [0.717, 1.165) is 5.56 Å². The Morgan fingerprint density at radius 2 is 1.88 bits per heavy atom. The van der Waals surface area contributed by atoms with Crippen LogP contribution in [0.3, 0.4) is 0 Å². The molecule has 0 heterocycles. The number of methoxy groups -OCH3 is 2. The molecule has 0 aromatic heterocycles. The Morgan fingerprint density at radius 1 is 1.25 bits per heavy atom. The van der Waals surface area contributed by atoms with E-state index in [9.17, 15) is 5.11 Å². The highest BCUT2D eigenvalue weighted by Crippen LogP contribution is 2.39. The zero-order valence-corrected chi connectivity index (χ0v) is 10.8. The minimum atomic E-state index is -0.427. The molecule has 0 fully saturated rings. The van der Waals surface area contributed by atoms with Crippen molar-refractivity contribution in [3.05, 3.63) is 22.7 Å². The Kier molecular flexibility index (Phi) is 4.05. The summed E-state index contributed by atoms with van der Waals surface area (Å²) < 4.78 is 10.4. The number of hydrogen-bond donors (Lipinski definition) is 1. The van der Waals surface area contributed by atoms with Gasteiger partial charge in [0.25, 0.3) is 0 Å². The van der Waals surface area contributed by atoms with Gasteiger partial charge in [0.05, 0.1) is 25.8 Å². The lowest BCUT2D eigenvalue weighted by Crippen LogP contribution is -2.23. The largest absolute Gasteiger partial charge is 0.497 e. The molecule has 3 nitrogen and oxygen atoms in total. The van der Waals surface area contributed by atoms with Crippen LogP contribution < -0.4 is 9.47 Å². The summed E-state index contributed by atoms with van der Waals surface area (Å²) in [5, 5.41) is 9.87. The lowest BCUT2D eigenvalue weighted by molar-refractivity contribution is 0.214. The number of aliphatic hydroxyl groups excluding tert-OH is 1. The first-order chi connectivity index (χ1) is 7.46. The zero-order valence-electron chi connectivity index (χ0n) is 10.0. The van der Waals surface area contributed by atoms with Crippen molar-refractivity contribution in [1.29, 1.82) is 0 Å². The minimum Gasteiger partial charge on any atom is -0.497 e. The number of aliphatic hydroxyl groups is 1. The normalized spacial score (nSPS) is 11.4. The Labute approximate surface area is 101 Å². The molecule has 0 amide bonds. The van der Waals surface area contributed by atoms with Crippen LogP contribution in [0.4, 0.5) is 0 Å². The molecule has 0 spiro atoms. The molecule has 0 atom stereocenters. The summed E-state index contributed by atoms with van der Waals surface area (Å²) in [5.74, 6) is 1.24. The summed E-state index contributed by atoms with van der Waals surface area (Å²) in [6, 6.07) is 3.53. The molecule has 4 heteroatoms. The summed E-state index contributed by atoms with van der Waals surface area (Å²) in [6.45, 7) is 3.84. The molecule has 1 aromatic carbocycles. The molecular formula is C12H17ClO3. The molecule has 1 N–H and O–H groups in total. The summed E-state index contributed by atoms with van der Waals surface area (Å²) in [6.07, 6.45) is 0. The van der Waals surface area contributed by atoms with Gasteiger partial charge >= 0.3 is 0 Å². The standard InChI is InChI=1S/C12H17ClO3/c1-12(2,7-14)9-5-8(15-3)6-10(13)11(9)16-4/h5-6,14H,7H2,1-4H3. The smallest absolute Gasteiger partial charge is 0.141 e. The Balaban J connectivity index is 3.39. The van der Waals surface area contributed by atoms with Crippen LogP contribution in [0.1, 0.15) is 19.4 Å². The quantitative estimate of drug-likeness (QED) is 0.885. The molecule has 0 aliphatic heterocycles. The summed E-state index contributed by atoms with van der Waals surface area (Å²) in [5.41, 5.74) is 0.408. The van der Waals surface area contributed by atoms with Crippen LogP contribution >= 0.6 is 11.6 Å². The fourth-order valence-electron chi connectivity index (χ4n) is 1.48. The SMILES string of the molecule is COc1cc(Cl)c(OC)c(C(C)(C)CO)c1. The third kappa shape index (κ3) is 2.42. The van der Waals surface area contributed by atoms with Crippen LogP contribution in [-0.4, -0.2) is 25.9 Å². The third-order valence-electron chi connectivity index (χ3n) is 2.58. The molecule has 0 saturated heterocycles. The van der Waals surface area contributed by atoms with Crippen molar-refractivity contribution in [2.24, 2.45) is 0 Å². The predicted octanol–water partition coefficient (Wildman–Crippen LogP) is 2.63. The van der Waals surface area contributed by atoms with Crippen molar-refractivity contribution in [2.75, 3.05) is 20.8 Å². The number of rotatable bonds is 4. The molecule has 0 radical (unpaired) electrons. The Morgan fingerprint density at radius 3 is 2.31 bits per heavy atom. The maximum atomic E-state index is 9.38. The van der Waals surface area contributed by atoms with Crippen LogP contribution in [0.25, 0.3) is 0 Å². The number of ether oxygens (including phenoxy) is 2. The molecule has 1 rings (SSSR count). The molecule has 1 aromatic rings.